The Morgan fingerprint density at radius 3 is 2.54 bits per heavy atom. The SMILES string of the molecule is CSc1nccc(-c2ccc(S(=O)[O-])s2)n1.Cc1n[nH]c(C)c1Br. The third kappa shape index (κ3) is 4.96. The van der Waals surface area contributed by atoms with Crippen LogP contribution in [0.5, 0.6) is 0 Å². The molecular formula is C14H14BrN4O2S3-. The number of nitrogens with zero attached hydrogens (tertiary/aromatic N) is 3. The molecule has 0 amide bonds. The predicted octanol–water partition coefficient (Wildman–Crippen LogP) is 3.95. The number of rotatable bonds is 3. The molecule has 3 aromatic heterocycles. The molecule has 0 spiro atoms. The van der Waals surface area contributed by atoms with Gasteiger partial charge in [-0.2, -0.15) is 5.10 Å². The molecular weight excluding hydrogens is 432 g/mol. The number of halogens is 1. The van der Waals surface area contributed by atoms with Gasteiger partial charge in [0.25, 0.3) is 0 Å². The molecule has 6 nitrogen and oxygen atoms in total. The monoisotopic (exact) mass is 445 g/mol. The van der Waals surface area contributed by atoms with Crippen molar-refractivity contribution in [3.8, 4) is 10.6 Å². The molecule has 0 aliphatic heterocycles. The number of hydrogen-bond donors (Lipinski definition) is 1. The number of hydrogen-bond acceptors (Lipinski definition) is 7. The van der Waals surface area contributed by atoms with Gasteiger partial charge in [-0.1, -0.05) is 11.8 Å². The van der Waals surface area contributed by atoms with Crippen LogP contribution in [0, 0.1) is 13.8 Å². The van der Waals surface area contributed by atoms with Crippen LogP contribution in [0.25, 0.3) is 10.6 Å². The van der Waals surface area contributed by atoms with Crippen LogP contribution in [0.2, 0.25) is 0 Å². The Morgan fingerprint density at radius 1 is 1.33 bits per heavy atom. The number of thiophene rings is 1. The Balaban J connectivity index is 0.000000219. The molecule has 3 heterocycles. The van der Waals surface area contributed by atoms with E-state index in [1.165, 1.54) is 23.1 Å². The highest BCUT2D eigenvalue weighted by atomic mass is 79.9. The van der Waals surface area contributed by atoms with E-state index in [0.717, 1.165) is 26.4 Å². The number of thioether (sulfide) groups is 1. The summed E-state index contributed by atoms with van der Waals surface area (Å²) in [6.07, 6.45) is 3.56. The molecule has 10 heteroatoms. The van der Waals surface area contributed by atoms with E-state index in [9.17, 15) is 8.76 Å². The molecule has 0 aromatic carbocycles. The van der Waals surface area contributed by atoms with Gasteiger partial charge in [0, 0.05) is 11.9 Å². The average molecular weight is 446 g/mol. The minimum absolute atomic E-state index is 0.319. The van der Waals surface area contributed by atoms with Crippen LogP contribution < -0.4 is 0 Å². The second kappa shape index (κ2) is 8.86. The highest BCUT2D eigenvalue weighted by Crippen LogP contribution is 2.28. The van der Waals surface area contributed by atoms with Crippen LogP contribution in [-0.4, -0.2) is 35.2 Å². The highest BCUT2D eigenvalue weighted by molar-refractivity contribution is 9.10. The number of aryl methyl sites for hydroxylation is 2. The maximum Gasteiger partial charge on any atom is 0.187 e. The normalized spacial score (nSPS) is 11.7. The molecule has 1 unspecified atom stereocenters. The lowest BCUT2D eigenvalue weighted by Crippen LogP contribution is -1.86. The van der Waals surface area contributed by atoms with Crippen molar-refractivity contribution in [3.63, 3.8) is 0 Å². The number of aromatic amines is 1. The summed E-state index contributed by atoms with van der Waals surface area (Å²) in [6.45, 7) is 3.93. The highest BCUT2D eigenvalue weighted by Gasteiger charge is 2.05. The zero-order chi connectivity index (χ0) is 17.7. The van der Waals surface area contributed by atoms with Gasteiger partial charge in [0.1, 0.15) is 0 Å². The van der Waals surface area contributed by atoms with Crippen LogP contribution >= 0.6 is 39.0 Å². The molecule has 0 radical (unpaired) electrons. The second-order valence-corrected chi connectivity index (χ2v) is 8.35. The standard InChI is InChI=1S/C9H8N2O2S3.C5H7BrN2/c1-14-9-10-5-4-6(11-9)7-2-3-8(15-7)16(12)13;1-3-5(6)4(2)8-7-3/h2-5H,1H3,(H,12,13);1-2H3,(H,7,8)/p-1. The summed E-state index contributed by atoms with van der Waals surface area (Å²) in [6, 6.07) is 5.09. The van der Waals surface area contributed by atoms with E-state index in [4.69, 9.17) is 0 Å². The van der Waals surface area contributed by atoms with Gasteiger partial charge < -0.3 is 4.55 Å². The molecule has 128 valence electrons. The lowest BCUT2D eigenvalue weighted by molar-refractivity contribution is 0.539. The largest absolute Gasteiger partial charge is 0.768 e. The summed E-state index contributed by atoms with van der Waals surface area (Å²) >= 11 is 3.84. The maximum absolute atomic E-state index is 10.7. The lowest BCUT2D eigenvalue weighted by Gasteiger charge is -2.00. The first-order chi connectivity index (χ1) is 11.4. The van der Waals surface area contributed by atoms with E-state index in [2.05, 4.69) is 36.1 Å². The Labute approximate surface area is 158 Å². The van der Waals surface area contributed by atoms with E-state index in [-0.39, 0.29) is 0 Å². The van der Waals surface area contributed by atoms with Crippen molar-refractivity contribution < 1.29 is 8.76 Å². The van der Waals surface area contributed by atoms with Crippen LogP contribution in [0.15, 0.2) is 38.2 Å². The van der Waals surface area contributed by atoms with Gasteiger partial charge in [-0.15, -0.1) is 11.3 Å². The van der Waals surface area contributed by atoms with E-state index in [0.29, 0.717) is 9.37 Å². The van der Waals surface area contributed by atoms with Gasteiger partial charge in [0.2, 0.25) is 0 Å². The van der Waals surface area contributed by atoms with Crippen LogP contribution in [0.3, 0.4) is 0 Å². The maximum atomic E-state index is 10.7. The molecule has 0 fully saturated rings. The topological polar surface area (TPSA) is 94.6 Å². The Bertz CT molecular complexity index is 831. The zero-order valence-corrected chi connectivity index (χ0v) is 17.1. The van der Waals surface area contributed by atoms with Crippen molar-refractivity contribution >= 4 is 50.1 Å². The van der Waals surface area contributed by atoms with Gasteiger partial charge in [0.15, 0.2) is 5.16 Å². The van der Waals surface area contributed by atoms with Crippen LogP contribution in [0.4, 0.5) is 0 Å². The minimum atomic E-state index is -2.17. The van der Waals surface area contributed by atoms with Crippen molar-refractivity contribution in [3.05, 3.63) is 40.3 Å². The number of nitrogens with one attached hydrogen (secondary N) is 1. The summed E-state index contributed by atoms with van der Waals surface area (Å²) in [5.41, 5.74) is 2.85. The average Bonchev–Trinajstić information content (AvgIpc) is 3.19. The molecule has 0 aliphatic carbocycles. The summed E-state index contributed by atoms with van der Waals surface area (Å²) < 4.78 is 22.9. The Kier molecular flexibility index (Phi) is 7.11. The minimum Gasteiger partial charge on any atom is -0.768 e. The van der Waals surface area contributed by atoms with Crippen molar-refractivity contribution in [1.82, 2.24) is 20.2 Å². The number of aromatic nitrogens is 4. The first-order valence-electron chi connectivity index (χ1n) is 6.66. The molecule has 24 heavy (non-hydrogen) atoms. The Morgan fingerprint density at radius 2 is 2.08 bits per heavy atom. The van der Waals surface area contributed by atoms with E-state index < -0.39 is 11.1 Å². The molecule has 0 saturated heterocycles. The fourth-order valence-electron chi connectivity index (χ4n) is 1.66. The van der Waals surface area contributed by atoms with Crippen LogP contribution in [0.1, 0.15) is 11.4 Å². The van der Waals surface area contributed by atoms with Gasteiger partial charge in [-0.25, -0.2) is 9.97 Å². The summed E-state index contributed by atoms with van der Waals surface area (Å²) in [5, 5.41) is 7.46. The summed E-state index contributed by atoms with van der Waals surface area (Å²) in [7, 11) is 0. The Hall–Kier alpha value is -1.07. The fraction of sp³-hybridized carbons (Fsp3) is 0.214. The first kappa shape index (κ1) is 19.3. The molecule has 0 aliphatic rings. The molecule has 1 N–H and O–H groups in total. The zero-order valence-electron chi connectivity index (χ0n) is 13.1. The first-order valence-corrected chi connectivity index (χ1v) is 10.6. The smallest absolute Gasteiger partial charge is 0.187 e. The van der Waals surface area contributed by atoms with Gasteiger partial charge in [0.05, 0.1) is 24.9 Å². The van der Waals surface area contributed by atoms with E-state index in [1.54, 1.807) is 24.4 Å². The third-order valence-corrected chi connectivity index (χ3v) is 6.61. The van der Waals surface area contributed by atoms with Crippen molar-refractivity contribution in [2.24, 2.45) is 0 Å². The molecule has 1 atom stereocenters. The molecule has 0 saturated carbocycles. The molecule has 0 bridgehead atoms. The van der Waals surface area contributed by atoms with Crippen molar-refractivity contribution in [1.29, 1.82) is 0 Å². The molecule has 3 aromatic rings. The summed E-state index contributed by atoms with van der Waals surface area (Å²) in [4.78, 5) is 9.19. The fourth-order valence-corrected chi connectivity index (χ4v) is 3.62. The molecule has 3 rings (SSSR count). The van der Waals surface area contributed by atoms with Crippen LogP contribution in [-0.2, 0) is 11.1 Å². The van der Waals surface area contributed by atoms with E-state index >= 15 is 0 Å². The second-order valence-electron chi connectivity index (χ2n) is 4.53. The van der Waals surface area contributed by atoms with E-state index in [1.807, 2.05) is 20.1 Å². The van der Waals surface area contributed by atoms with Crippen molar-refractivity contribution in [2.45, 2.75) is 23.2 Å². The predicted molar refractivity (Wildman–Crippen MR) is 100 cm³/mol. The third-order valence-electron chi connectivity index (χ3n) is 2.85. The summed E-state index contributed by atoms with van der Waals surface area (Å²) in [5.74, 6) is 0. The van der Waals surface area contributed by atoms with Gasteiger partial charge in [-0.3, -0.25) is 9.31 Å². The van der Waals surface area contributed by atoms with Gasteiger partial charge in [-0.05, 0) is 65.3 Å². The number of H-pyrrole nitrogens is 1. The van der Waals surface area contributed by atoms with Gasteiger partial charge >= 0.3 is 0 Å². The quantitative estimate of drug-likeness (QED) is 0.372. The lowest BCUT2D eigenvalue weighted by atomic mass is 10.3. The van der Waals surface area contributed by atoms with Crippen molar-refractivity contribution in [2.75, 3.05) is 6.26 Å².